The summed E-state index contributed by atoms with van der Waals surface area (Å²) < 4.78 is 4.86. The lowest BCUT2D eigenvalue weighted by molar-refractivity contribution is 0.122. The maximum Gasteiger partial charge on any atom is 0.139 e. The molecule has 5 heteroatoms. The van der Waals surface area contributed by atoms with Gasteiger partial charge in [0.15, 0.2) is 0 Å². The lowest BCUT2D eigenvalue weighted by Crippen LogP contribution is -2.00. The van der Waals surface area contributed by atoms with E-state index in [1.54, 1.807) is 0 Å². The van der Waals surface area contributed by atoms with Crippen LogP contribution in [0, 0.1) is 13.8 Å². The van der Waals surface area contributed by atoms with Gasteiger partial charge in [0, 0.05) is 5.56 Å². The van der Waals surface area contributed by atoms with Crippen LogP contribution in [0.1, 0.15) is 17.0 Å². The zero-order chi connectivity index (χ0) is 7.56. The Morgan fingerprint density at radius 1 is 1.55 bits per heavy atom. The van der Waals surface area contributed by atoms with Crippen molar-refractivity contribution >= 4 is 12.4 Å². The number of hydrogen-bond acceptors (Lipinski definition) is 4. The van der Waals surface area contributed by atoms with E-state index in [0.29, 0.717) is 6.61 Å². The minimum Gasteiger partial charge on any atom is -0.361 e. The molecule has 0 radical (unpaired) electrons. The van der Waals surface area contributed by atoms with E-state index in [1.165, 1.54) is 0 Å². The molecule has 1 aromatic rings. The van der Waals surface area contributed by atoms with Crippen LogP contribution in [0.25, 0.3) is 0 Å². The second-order valence-electron chi connectivity index (χ2n) is 2.11. The Kier molecular flexibility index (Phi) is 4.10. The molecule has 0 aliphatic carbocycles. The average molecular weight is 179 g/mol. The summed E-state index contributed by atoms with van der Waals surface area (Å²) >= 11 is 0. The maximum absolute atomic E-state index is 4.89. The van der Waals surface area contributed by atoms with Gasteiger partial charge >= 0.3 is 0 Å². The molecule has 0 aliphatic rings. The second kappa shape index (κ2) is 4.33. The molecule has 0 saturated heterocycles. The van der Waals surface area contributed by atoms with Gasteiger partial charge in [-0.15, -0.1) is 12.4 Å². The van der Waals surface area contributed by atoms with Crippen molar-refractivity contribution in [1.29, 1.82) is 0 Å². The zero-order valence-electron chi connectivity index (χ0n) is 6.46. The summed E-state index contributed by atoms with van der Waals surface area (Å²) in [5.74, 6) is 5.65. The van der Waals surface area contributed by atoms with Gasteiger partial charge in [-0.1, -0.05) is 5.16 Å². The Balaban J connectivity index is 0.000001000. The third-order valence-corrected chi connectivity index (χ3v) is 1.41. The lowest BCUT2D eigenvalue weighted by atomic mass is 10.2. The van der Waals surface area contributed by atoms with Crippen molar-refractivity contribution in [3.63, 3.8) is 0 Å². The van der Waals surface area contributed by atoms with Crippen molar-refractivity contribution in [3.05, 3.63) is 17.0 Å². The number of nitrogens with two attached hydrogens (primary N) is 1. The number of aromatic nitrogens is 1. The number of nitrogens with zero attached hydrogens (tertiary/aromatic N) is 1. The van der Waals surface area contributed by atoms with Gasteiger partial charge in [0.1, 0.15) is 5.76 Å². The topological polar surface area (TPSA) is 61.3 Å². The van der Waals surface area contributed by atoms with Crippen LogP contribution in [0.4, 0.5) is 0 Å². The molecule has 0 atom stereocenters. The molecule has 1 heterocycles. The largest absolute Gasteiger partial charge is 0.361 e. The Morgan fingerprint density at radius 3 is 2.55 bits per heavy atom. The summed E-state index contributed by atoms with van der Waals surface area (Å²) in [6.07, 6.45) is 0. The first-order valence-corrected chi connectivity index (χ1v) is 2.99. The van der Waals surface area contributed by atoms with E-state index in [0.717, 1.165) is 17.0 Å². The summed E-state index contributed by atoms with van der Waals surface area (Å²) in [5, 5.41) is 3.72. The molecule has 0 saturated carbocycles. The van der Waals surface area contributed by atoms with Crippen LogP contribution in [0.2, 0.25) is 0 Å². The highest BCUT2D eigenvalue weighted by molar-refractivity contribution is 5.85. The highest BCUT2D eigenvalue weighted by Gasteiger charge is 2.07. The first kappa shape index (κ1) is 10.4. The molecule has 64 valence electrons. The highest BCUT2D eigenvalue weighted by Crippen LogP contribution is 2.11. The van der Waals surface area contributed by atoms with Crippen molar-refractivity contribution in [2.75, 3.05) is 0 Å². The maximum atomic E-state index is 4.89. The lowest BCUT2D eigenvalue weighted by Gasteiger charge is -1.93. The Hall–Kier alpha value is -0.580. The van der Waals surface area contributed by atoms with Crippen molar-refractivity contribution in [2.45, 2.75) is 20.5 Å². The summed E-state index contributed by atoms with van der Waals surface area (Å²) in [4.78, 5) is 4.45. The molecule has 0 spiro atoms. The first-order chi connectivity index (χ1) is 4.75. The van der Waals surface area contributed by atoms with Crippen LogP contribution >= 0.6 is 12.4 Å². The fraction of sp³-hybridized carbons (Fsp3) is 0.500. The van der Waals surface area contributed by atoms with E-state index < -0.39 is 0 Å². The van der Waals surface area contributed by atoms with E-state index in [4.69, 9.17) is 10.4 Å². The SMILES string of the molecule is Cc1noc(C)c1CON.Cl. The second-order valence-corrected chi connectivity index (χ2v) is 2.11. The number of halogens is 1. The van der Waals surface area contributed by atoms with Crippen molar-refractivity contribution in [1.82, 2.24) is 5.16 Å². The van der Waals surface area contributed by atoms with Crippen molar-refractivity contribution < 1.29 is 9.36 Å². The minimum atomic E-state index is 0. The third kappa shape index (κ3) is 2.18. The van der Waals surface area contributed by atoms with Crippen LogP contribution in [0.15, 0.2) is 4.52 Å². The summed E-state index contributed by atoms with van der Waals surface area (Å²) in [6, 6.07) is 0. The van der Waals surface area contributed by atoms with Gasteiger partial charge in [0.25, 0.3) is 0 Å². The predicted octanol–water partition coefficient (Wildman–Crippen LogP) is 1.10. The smallest absolute Gasteiger partial charge is 0.139 e. The quantitative estimate of drug-likeness (QED) is 0.689. The summed E-state index contributed by atoms with van der Waals surface area (Å²) in [7, 11) is 0. The van der Waals surface area contributed by atoms with Crippen LogP contribution in [-0.2, 0) is 11.4 Å². The minimum absolute atomic E-state index is 0. The average Bonchev–Trinajstić information content (AvgIpc) is 2.20. The molecule has 11 heavy (non-hydrogen) atoms. The van der Waals surface area contributed by atoms with Crippen molar-refractivity contribution in [2.24, 2.45) is 5.90 Å². The molecule has 0 amide bonds. The van der Waals surface area contributed by atoms with Gasteiger partial charge in [0.05, 0.1) is 12.3 Å². The van der Waals surface area contributed by atoms with E-state index in [9.17, 15) is 0 Å². The molecule has 2 N–H and O–H groups in total. The summed E-state index contributed by atoms with van der Waals surface area (Å²) in [6.45, 7) is 4.04. The third-order valence-electron chi connectivity index (χ3n) is 1.41. The summed E-state index contributed by atoms with van der Waals surface area (Å²) in [5.41, 5.74) is 1.77. The first-order valence-electron chi connectivity index (χ1n) is 2.99. The standard InChI is InChI=1S/C6H10N2O2.ClH/c1-4-6(3-9-7)5(2)10-8-4;/h3,7H2,1-2H3;1H. The van der Waals surface area contributed by atoms with E-state index in [2.05, 4.69) is 9.99 Å². The fourth-order valence-electron chi connectivity index (χ4n) is 0.791. The molecule has 1 rings (SSSR count). The molecule has 0 aliphatic heterocycles. The number of hydrogen-bond donors (Lipinski definition) is 1. The molecular formula is C6H11ClN2O2. The van der Waals surface area contributed by atoms with Crippen LogP contribution < -0.4 is 5.90 Å². The normalized spacial score (nSPS) is 9.36. The van der Waals surface area contributed by atoms with Gasteiger partial charge in [0.2, 0.25) is 0 Å². The van der Waals surface area contributed by atoms with Gasteiger partial charge in [-0.2, -0.15) is 0 Å². The highest BCUT2D eigenvalue weighted by atomic mass is 35.5. The van der Waals surface area contributed by atoms with Crippen LogP contribution in [-0.4, -0.2) is 5.16 Å². The zero-order valence-corrected chi connectivity index (χ0v) is 7.27. The van der Waals surface area contributed by atoms with Gasteiger partial charge in [-0.05, 0) is 13.8 Å². The molecule has 0 bridgehead atoms. The Labute approximate surface area is 71.1 Å². The van der Waals surface area contributed by atoms with Gasteiger partial charge < -0.3 is 4.52 Å². The van der Waals surface area contributed by atoms with Crippen LogP contribution in [0.3, 0.4) is 0 Å². The van der Waals surface area contributed by atoms with Crippen LogP contribution in [0.5, 0.6) is 0 Å². The Bertz CT molecular complexity index is 205. The van der Waals surface area contributed by atoms with E-state index >= 15 is 0 Å². The molecule has 4 nitrogen and oxygen atoms in total. The molecule has 0 fully saturated rings. The number of rotatable bonds is 2. The molecule has 1 aromatic heterocycles. The van der Waals surface area contributed by atoms with Gasteiger partial charge in [-0.3, -0.25) is 4.84 Å². The monoisotopic (exact) mass is 178 g/mol. The molecule has 0 unspecified atom stereocenters. The van der Waals surface area contributed by atoms with Gasteiger partial charge in [-0.25, -0.2) is 5.90 Å². The fourth-order valence-corrected chi connectivity index (χ4v) is 0.791. The Morgan fingerprint density at radius 2 is 2.18 bits per heavy atom. The molecular weight excluding hydrogens is 168 g/mol. The predicted molar refractivity (Wildman–Crippen MR) is 42.2 cm³/mol. The van der Waals surface area contributed by atoms with E-state index in [-0.39, 0.29) is 12.4 Å². The number of aryl methyl sites for hydroxylation is 2. The molecule has 0 aromatic carbocycles. The van der Waals surface area contributed by atoms with Crippen molar-refractivity contribution in [3.8, 4) is 0 Å². The van der Waals surface area contributed by atoms with E-state index in [1.807, 2.05) is 13.8 Å².